The van der Waals surface area contributed by atoms with Crippen LogP contribution < -0.4 is 11.4 Å². The van der Waals surface area contributed by atoms with Crippen LogP contribution in [-0.2, 0) is 12.6 Å². The third-order valence-corrected chi connectivity index (χ3v) is 1.46. The summed E-state index contributed by atoms with van der Waals surface area (Å²) in [5.74, 6) is 0.558. The number of nitrogens with two attached hydrogens (primary N) is 1. The molecule has 0 unspecified atom stereocenters. The minimum atomic E-state index is -0.575. The number of aromatic nitrogens is 3. The van der Waals surface area contributed by atoms with Gasteiger partial charge in [-0.3, -0.25) is 4.57 Å². The van der Waals surface area contributed by atoms with Crippen LogP contribution in [0.4, 0.5) is 0 Å². The van der Waals surface area contributed by atoms with Gasteiger partial charge in [0.15, 0.2) is 5.82 Å². The highest BCUT2D eigenvalue weighted by atomic mass is 16.1. The second-order valence-corrected chi connectivity index (χ2v) is 3.13. The topological polar surface area (TPSA) is 76.7 Å². The van der Waals surface area contributed by atoms with E-state index in [9.17, 15) is 4.79 Å². The van der Waals surface area contributed by atoms with Crippen molar-refractivity contribution in [3.8, 4) is 0 Å². The first-order valence-electron chi connectivity index (χ1n) is 3.33. The molecule has 1 aromatic rings. The van der Waals surface area contributed by atoms with E-state index in [0.717, 1.165) is 0 Å². The molecule has 0 bridgehead atoms. The van der Waals surface area contributed by atoms with Crippen molar-refractivity contribution in [2.24, 2.45) is 12.8 Å². The molecular weight excluding hydrogens is 144 g/mol. The lowest BCUT2D eigenvalue weighted by molar-refractivity contribution is 0.490. The Hall–Kier alpha value is -1.10. The second-order valence-electron chi connectivity index (χ2n) is 3.13. The summed E-state index contributed by atoms with van der Waals surface area (Å²) in [4.78, 5) is 10.9. The summed E-state index contributed by atoms with van der Waals surface area (Å²) in [5.41, 5.74) is 4.92. The molecule has 0 aliphatic heterocycles. The molecule has 1 aromatic heterocycles. The summed E-state index contributed by atoms with van der Waals surface area (Å²) in [6, 6.07) is 0. The normalized spacial score (nSPS) is 12.0. The molecule has 0 saturated heterocycles. The molecule has 5 nitrogen and oxygen atoms in total. The van der Waals surface area contributed by atoms with Crippen LogP contribution in [0.25, 0.3) is 0 Å². The van der Waals surface area contributed by atoms with Crippen molar-refractivity contribution < 1.29 is 0 Å². The van der Waals surface area contributed by atoms with E-state index < -0.39 is 5.54 Å². The third-order valence-electron chi connectivity index (χ3n) is 1.46. The van der Waals surface area contributed by atoms with E-state index in [1.54, 1.807) is 20.9 Å². The molecule has 3 N–H and O–H groups in total. The molecule has 1 rings (SSSR count). The van der Waals surface area contributed by atoms with Crippen LogP contribution in [0.1, 0.15) is 19.7 Å². The van der Waals surface area contributed by atoms with Gasteiger partial charge in [0.05, 0.1) is 5.54 Å². The quantitative estimate of drug-likeness (QED) is 0.564. The molecule has 0 aliphatic carbocycles. The summed E-state index contributed by atoms with van der Waals surface area (Å²) in [5, 5.41) is 6.11. The number of nitrogens with zero attached hydrogens (tertiary/aromatic N) is 2. The fraction of sp³-hybridized carbons (Fsp3) is 0.667. The SMILES string of the molecule is Cn1c(C(C)(C)N)n[nH]c1=O. The monoisotopic (exact) mass is 156 g/mol. The number of nitrogens with one attached hydrogen (secondary N) is 1. The standard InChI is InChI=1S/C6H12N4O/c1-6(2,7)4-8-9-5(11)10(4)3/h7H2,1-3H3,(H,9,11). The van der Waals surface area contributed by atoms with Crippen LogP contribution in [0, 0.1) is 0 Å². The zero-order valence-corrected chi connectivity index (χ0v) is 6.88. The Balaban J connectivity index is 3.26. The summed E-state index contributed by atoms with van der Waals surface area (Å²) in [7, 11) is 1.63. The van der Waals surface area contributed by atoms with Crippen LogP contribution in [0.3, 0.4) is 0 Å². The fourth-order valence-electron chi connectivity index (χ4n) is 0.923. The molecule has 0 atom stereocenters. The first kappa shape index (κ1) is 8.00. The fourth-order valence-corrected chi connectivity index (χ4v) is 0.923. The van der Waals surface area contributed by atoms with Gasteiger partial charge in [-0.05, 0) is 13.8 Å². The van der Waals surface area contributed by atoms with E-state index in [0.29, 0.717) is 5.82 Å². The molecule has 0 spiro atoms. The first-order valence-corrected chi connectivity index (χ1v) is 3.33. The van der Waals surface area contributed by atoms with Crippen LogP contribution in [0.5, 0.6) is 0 Å². The smallest absolute Gasteiger partial charge is 0.319 e. The molecule has 62 valence electrons. The lowest BCUT2D eigenvalue weighted by Gasteiger charge is -2.15. The van der Waals surface area contributed by atoms with Gasteiger partial charge in [-0.2, -0.15) is 5.10 Å². The highest BCUT2D eigenvalue weighted by molar-refractivity contribution is 4.99. The highest BCUT2D eigenvalue weighted by Crippen LogP contribution is 2.09. The van der Waals surface area contributed by atoms with Gasteiger partial charge < -0.3 is 5.73 Å². The zero-order chi connectivity index (χ0) is 8.65. The van der Waals surface area contributed by atoms with Crippen molar-refractivity contribution in [1.29, 1.82) is 0 Å². The van der Waals surface area contributed by atoms with Crippen molar-refractivity contribution in [3.63, 3.8) is 0 Å². The Labute approximate surface area is 64.2 Å². The Morgan fingerprint density at radius 3 is 2.36 bits per heavy atom. The summed E-state index contributed by atoms with van der Waals surface area (Å²) in [6.45, 7) is 3.59. The Kier molecular flexibility index (Phi) is 1.60. The summed E-state index contributed by atoms with van der Waals surface area (Å²) in [6.07, 6.45) is 0. The summed E-state index contributed by atoms with van der Waals surface area (Å²) < 4.78 is 1.40. The largest absolute Gasteiger partial charge is 0.343 e. The van der Waals surface area contributed by atoms with Crippen molar-refractivity contribution in [2.45, 2.75) is 19.4 Å². The maximum Gasteiger partial charge on any atom is 0.343 e. The van der Waals surface area contributed by atoms with Gasteiger partial charge in [-0.1, -0.05) is 0 Å². The van der Waals surface area contributed by atoms with E-state index in [-0.39, 0.29) is 5.69 Å². The predicted molar refractivity (Wildman–Crippen MR) is 41.0 cm³/mol. The van der Waals surface area contributed by atoms with Gasteiger partial charge in [0.2, 0.25) is 0 Å². The van der Waals surface area contributed by atoms with Crippen LogP contribution in [0.15, 0.2) is 4.79 Å². The molecule has 1 heterocycles. The van der Waals surface area contributed by atoms with Crippen LogP contribution in [-0.4, -0.2) is 14.8 Å². The second kappa shape index (κ2) is 2.20. The van der Waals surface area contributed by atoms with Crippen molar-refractivity contribution >= 4 is 0 Å². The highest BCUT2D eigenvalue weighted by Gasteiger charge is 2.20. The average Bonchev–Trinajstić information content (AvgIpc) is 2.11. The van der Waals surface area contributed by atoms with Crippen molar-refractivity contribution in [1.82, 2.24) is 14.8 Å². The Morgan fingerprint density at radius 2 is 2.18 bits per heavy atom. The zero-order valence-electron chi connectivity index (χ0n) is 6.88. The maximum atomic E-state index is 10.9. The van der Waals surface area contributed by atoms with Gasteiger partial charge in [-0.25, -0.2) is 9.89 Å². The van der Waals surface area contributed by atoms with E-state index >= 15 is 0 Å². The number of H-pyrrole nitrogens is 1. The van der Waals surface area contributed by atoms with Gasteiger partial charge in [-0.15, -0.1) is 0 Å². The van der Waals surface area contributed by atoms with E-state index in [1.165, 1.54) is 4.57 Å². The molecule has 0 radical (unpaired) electrons. The molecule has 0 aromatic carbocycles. The lowest BCUT2D eigenvalue weighted by Crippen LogP contribution is -2.33. The van der Waals surface area contributed by atoms with Crippen LogP contribution in [0.2, 0.25) is 0 Å². The van der Waals surface area contributed by atoms with E-state index in [2.05, 4.69) is 10.2 Å². The third kappa shape index (κ3) is 1.32. The van der Waals surface area contributed by atoms with Gasteiger partial charge in [0.25, 0.3) is 0 Å². The first-order chi connectivity index (χ1) is 4.93. The molecule has 5 heteroatoms. The van der Waals surface area contributed by atoms with Gasteiger partial charge in [0.1, 0.15) is 0 Å². The molecular formula is C6H12N4O. The van der Waals surface area contributed by atoms with E-state index in [4.69, 9.17) is 5.73 Å². The molecule has 11 heavy (non-hydrogen) atoms. The predicted octanol–water partition coefficient (Wildman–Crippen LogP) is -0.698. The minimum absolute atomic E-state index is 0.237. The number of rotatable bonds is 1. The Bertz CT molecular complexity index is 303. The number of aromatic amines is 1. The minimum Gasteiger partial charge on any atom is -0.319 e. The van der Waals surface area contributed by atoms with Crippen LogP contribution >= 0.6 is 0 Å². The summed E-state index contributed by atoms with van der Waals surface area (Å²) >= 11 is 0. The van der Waals surface area contributed by atoms with Crippen molar-refractivity contribution in [3.05, 3.63) is 16.3 Å². The van der Waals surface area contributed by atoms with Gasteiger partial charge >= 0.3 is 5.69 Å². The van der Waals surface area contributed by atoms with Crippen molar-refractivity contribution in [2.75, 3.05) is 0 Å². The lowest BCUT2D eigenvalue weighted by atomic mass is 10.1. The molecule has 0 saturated carbocycles. The number of hydrogen-bond donors (Lipinski definition) is 2. The molecule has 0 amide bonds. The molecule has 0 aliphatic rings. The maximum absolute atomic E-state index is 10.9. The molecule has 0 fully saturated rings. The average molecular weight is 156 g/mol. The number of hydrogen-bond acceptors (Lipinski definition) is 3. The van der Waals surface area contributed by atoms with Gasteiger partial charge in [0, 0.05) is 7.05 Å². The Morgan fingerprint density at radius 1 is 1.64 bits per heavy atom. The van der Waals surface area contributed by atoms with E-state index in [1.807, 2.05) is 0 Å².